The lowest BCUT2D eigenvalue weighted by atomic mass is 9.91. The molecule has 4 aromatic heterocycles. The number of hydrogen-bond donors (Lipinski definition) is 2. The Morgan fingerprint density at radius 1 is 0.871 bits per heavy atom. The van der Waals surface area contributed by atoms with Gasteiger partial charge in [0.05, 0.1) is 17.2 Å². The van der Waals surface area contributed by atoms with Crippen molar-refractivity contribution in [3.63, 3.8) is 0 Å². The fourth-order valence-electron chi connectivity index (χ4n) is 3.10. The van der Waals surface area contributed by atoms with E-state index >= 15 is 0 Å². The highest BCUT2D eigenvalue weighted by Crippen LogP contribution is 2.28. The third-order valence-electron chi connectivity index (χ3n) is 4.54. The molecule has 0 aliphatic carbocycles. The number of aryl methyl sites for hydroxylation is 1. The van der Waals surface area contributed by atoms with Crippen molar-refractivity contribution in [3.05, 3.63) is 81.8 Å². The minimum Gasteiger partial charge on any atom is -0.421 e. The summed E-state index contributed by atoms with van der Waals surface area (Å²) in [7, 11) is -1.71. The van der Waals surface area contributed by atoms with Crippen LogP contribution >= 0.6 is 31.9 Å². The average Bonchev–Trinajstić information content (AvgIpc) is 3.11. The molecule has 4 heterocycles. The van der Waals surface area contributed by atoms with Gasteiger partial charge < -0.3 is 14.6 Å². The summed E-state index contributed by atoms with van der Waals surface area (Å²) in [5, 5.41) is 18.6. The lowest BCUT2D eigenvalue weighted by Gasteiger charge is -2.06. The summed E-state index contributed by atoms with van der Waals surface area (Å²) >= 11 is 6.61. The molecule has 31 heavy (non-hydrogen) atoms. The van der Waals surface area contributed by atoms with E-state index in [2.05, 4.69) is 51.8 Å². The largest absolute Gasteiger partial charge is 0.528 e. The van der Waals surface area contributed by atoms with E-state index in [0.29, 0.717) is 11.0 Å². The fraction of sp³-hybridized carbons (Fsp3) is 0.0476. The minimum absolute atomic E-state index is 0.0368. The van der Waals surface area contributed by atoms with Gasteiger partial charge in [-0.15, -0.1) is 0 Å². The molecule has 5 rings (SSSR count). The first-order valence-electron chi connectivity index (χ1n) is 9.27. The van der Waals surface area contributed by atoms with Crippen LogP contribution in [0.15, 0.2) is 76.2 Å². The fourth-order valence-corrected chi connectivity index (χ4v) is 3.76. The summed E-state index contributed by atoms with van der Waals surface area (Å²) in [6.07, 6.45) is 5.06. The van der Waals surface area contributed by atoms with Crippen molar-refractivity contribution in [2.24, 2.45) is 0 Å². The highest BCUT2D eigenvalue weighted by atomic mass is 79.9. The highest BCUT2D eigenvalue weighted by molar-refractivity contribution is 9.11. The van der Waals surface area contributed by atoms with E-state index in [1.165, 1.54) is 5.56 Å². The molecule has 1 aromatic carbocycles. The molecule has 5 aromatic rings. The SMILES string of the molecule is Cc1cc(Br)ncc1Br.OB(O)c1ncc2c(n1)c1ncccc1n2-c1ccccc1. The molecule has 0 aliphatic heterocycles. The van der Waals surface area contributed by atoms with Crippen LogP contribution in [0, 0.1) is 6.92 Å². The van der Waals surface area contributed by atoms with Crippen LogP contribution in [-0.4, -0.2) is 41.7 Å². The number of fused-ring (bicyclic) bond motifs is 3. The van der Waals surface area contributed by atoms with Gasteiger partial charge in [0.1, 0.15) is 15.6 Å². The van der Waals surface area contributed by atoms with Gasteiger partial charge in [-0.1, -0.05) is 18.2 Å². The van der Waals surface area contributed by atoms with Gasteiger partial charge in [0.2, 0.25) is 0 Å². The molecule has 0 bridgehead atoms. The molecular weight excluding hydrogens is 525 g/mol. The van der Waals surface area contributed by atoms with Crippen LogP contribution in [0.25, 0.3) is 27.8 Å². The van der Waals surface area contributed by atoms with Crippen LogP contribution in [0.4, 0.5) is 0 Å². The zero-order chi connectivity index (χ0) is 22.0. The molecule has 0 aliphatic rings. The number of pyridine rings is 2. The summed E-state index contributed by atoms with van der Waals surface area (Å²) in [4.78, 5) is 16.7. The van der Waals surface area contributed by atoms with Crippen molar-refractivity contribution in [1.29, 1.82) is 0 Å². The zero-order valence-electron chi connectivity index (χ0n) is 16.3. The number of benzene rings is 1. The van der Waals surface area contributed by atoms with Crippen molar-refractivity contribution in [2.45, 2.75) is 6.92 Å². The van der Waals surface area contributed by atoms with E-state index in [4.69, 9.17) is 0 Å². The van der Waals surface area contributed by atoms with Crippen LogP contribution in [0.2, 0.25) is 0 Å². The van der Waals surface area contributed by atoms with Crippen molar-refractivity contribution in [1.82, 2.24) is 24.5 Å². The van der Waals surface area contributed by atoms with E-state index in [-0.39, 0.29) is 5.72 Å². The molecule has 0 radical (unpaired) electrons. The van der Waals surface area contributed by atoms with E-state index in [1.807, 2.05) is 60.0 Å². The molecule has 0 amide bonds. The van der Waals surface area contributed by atoms with Gasteiger partial charge in [0, 0.05) is 22.6 Å². The summed E-state index contributed by atoms with van der Waals surface area (Å²) in [6.45, 7) is 2.02. The smallest absolute Gasteiger partial charge is 0.421 e. The second-order valence-corrected chi connectivity index (χ2v) is 8.30. The average molecular weight is 541 g/mol. The molecule has 0 saturated heterocycles. The monoisotopic (exact) mass is 539 g/mol. The van der Waals surface area contributed by atoms with Crippen LogP contribution in [0.3, 0.4) is 0 Å². The van der Waals surface area contributed by atoms with Gasteiger partial charge in [-0.05, 0) is 74.7 Å². The number of hydrogen-bond acceptors (Lipinski definition) is 6. The third-order valence-corrected chi connectivity index (χ3v) is 5.80. The zero-order valence-corrected chi connectivity index (χ0v) is 19.5. The van der Waals surface area contributed by atoms with Gasteiger partial charge in [0.25, 0.3) is 0 Å². The minimum atomic E-state index is -1.71. The van der Waals surface area contributed by atoms with Crippen molar-refractivity contribution < 1.29 is 10.0 Å². The molecular formula is C21H16BBr2N5O2. The van der Waals surface area contributed by atoms with Crippen LogP contribution < -0.4 is 5.72 Å². The Kier molecular flexibility index (Phi) is 6.42. The maximum Gasteiger partial charge on any atom is 0.528 e. The molecule has 0 fully saturated rings. The Hall–Kier alpha value is -2.66. The van der Waals surface area contributed by atoms with Crippen LogP contribution in [0.5, 0.6) is 0 Å². The summed E-state index contributed by atoms with van der Waals surface area (Å²) < 4.78 is 3.93. The number of halogens is 2. The molecule has 0 atom stereocenters. The maximum atomic E-state index is 9.28. The van der Waals surface area contributed by atoms with Crippen molar-refractivity contribution in [3.8, 4) is 5.69 Å². The molecule has 7 nitrogen and oxygen atoms in total. The molecule has 10 heteroatoms. The van der Waals surface area contributed by atoms with Crippen molar-refractivity contribution >= 4 is 66.8 Å². The molecule has 2 N–H and O–H groups in total. The number of nitrogens with zero attached hydrogens (tertiary/aromatic N) is 5. The first-order valence-corrected chi connectivity index (χ1v) is 10.9. The Balaban J connectivity index is 0.000000217. The lowest BCUT2D eigenvalue weighted by Crippen LogP contribution is -2.35. The maximum absolute atomic E-state index is 9.28. The van der Waals surface area contributed by atoms with Gasteiger partial charge >= 0.3 is 7.12 Å². The number of rotatable bonds is 2. The van der Waals surface area contributed by atoms with E-state index in [1.54, 1.807) is 18.6 Å². The molecule has 0 spiro atoms. The third kappa shape index (κ3) is 4.52. The van der Waals surface area contributed by atoms with E-state index < -0.39 is 7.12 Å². The molecule has 154 valence electrons. The first kappa shape index (κ1) is 21.6. The summed E-state index contributed by atoms with van der Waals surface area (Å²) in [6, 6.07) is 15.6. The Bertz CT molecular complexity index is 1360. The first-order chi connectivity index (χ1) is 15.0. The van der Waals surface area contributed by atoms with Gasteiger partial charge in [0.15, 0.2) is 5.72 Å². The standard InChI is InChI=1S/C15H11BN4O2.C6H5Br2N/c21-16(22)15-18-9-12-14(19-15)13-11(7-4-8-17-13)20(12)10-5-2-1-3-6-10;1-4-2-6(8)9-3-5(4)7/h1-9,21-22H;2-3H,1H3. The normalized spacial score (nSPS) is 10.7. The lowest BCUT2D eigenvalue weighted by molar-refractivity contribution is 0.422. The summed E-state index contributed by atoms with van der Waals surface area (Å²) in [5.74, 6) is 0. The predicted octanol–water partition coefficient (Wildman–Crippen LogP) is 3.56. The van der Waals surface area contributed by atoms with E-state index in [9.17, 15) is 10.0 Å². The Morgan fingerprint density at radius 3 is 2.32 bits per heavy atom. The van der Waals surface area contributed by atoms with Gasteiger partial charge in [-0.25, -0.2) is 15.0 Å². The van der Waals surface area contributed by atoms with E-state index in [0.717, 1.165) is 25.8 Å². The van der Waals surface area contributed by atoms with Gasteiger partial charge in [-0.3, -0.25) is 4.98 Å². The number of aromatic nitrogens is 5. The second kappa shape index (κ2) is 9.23. The molecule has 0 saturated carbocycles. The predicted molar refractivity (Wildman–Crippen MR) is 128 cm³/mol. The molecule has 0 unspecified atom stereocenters. The summed E-state index contributed by atoms with van der Waals surface area (Å²) in [5.41, 5.74) is 5.08. The quantitative estimate of drug-likeness (QED) is 0.262. The van der Waals surface area contributed by atoms with Crippen LogP contribution in [-0.2, 0) is 0 Å². The number of para-hydroxylation sites is 1. The van der Waals surface area contributed by atoms with Crippen LogP contribution in [0.1, 0.15) is 5.56 Å². The highest BCUT2D eigenvalue weighted by Gasteiger charge is 2.20. The van der Waals surface area contributed by atoms with Gasteiger partial charge in [-0.2, -0.15) is 0 Å². The second-order valence-electron chi connectivity index (χ2n) is 6.63. The topological polar surface area (TPSA) is 97.0 Å². The van der Waals surface area contributed by atoms with Crippen molar-refractivity contribution in [2.75, 3.05) is 0 Å². The Morgan fingerprint density at radius 2 is 1.65 bits per heavy atom. The Labute approximate surface area is 195 Å².